The van der Waals surface area contributed by atoms with Crippen molar-refractivity contribution in [1.82, 2.24) is 14.7 Å². The number of carboxylic acid groups (broad SMARTS) is 1. The highest BCUT2D eigenvalue weighted by atomic mass is 16.5. The molecule has 0 aliphatic rings. The fraction of sp³-hybridized carbons (Fsp3) is 0.538. The van der Waals surface area contributed by atoms with Crippen LogP contribution in [0, 0.1) is 0 Å². The van der Waals surface area contributed by atoms with Crippen molar-refractivity contribution >= 4 is 11.9 Å². The first-order chi connectivity index (χ1) is 9.95. The fourth-order valence-corrected chi connectivity index (χ4v) is 1.67. The van der Waals surface area contributed by atoms with E-state index in [0.717, 1.165) is 0 Å². The van der Waals surface area contributed by atoms with Crippen molar-refractivity contribution in [3.63, 3.8) is 0 Å². The highest BCUT2D eigenvalue weighted by Crippen LogP contribution is 2.00. The number of carbonyl (C=O) groups excluding carboxylic acids is 1. The predicted molar refractivity (Wildman–Crippen MR) is 74.2 cm³/mol. The summed E-state index contributed by atoms with van der Waals surface area (Å²) in [6.07, 6.45) is 0.360. The van der Waals surface area contributed by atoms with Gasteiger partial charge < -0.3 is 14.7 Å². The lowest BCUT2D eigenvalue weighted by molar-refractivity contribution is -0.137. The maximum atomic E-state index is 12.1. The summed E-state index contributed by atoms with van der Waals surface area (Å²) < 4.78 is 6.04. The molecular weight excluding hydrogens is 278 g/mol. The van der Waals surface area contributed by atoms with Gasteiger partial charge in [-0.15, -0.1) is 0 Å². The van der Waals surface area contributed by atoms with Crippen LogP contribution in [0.25, 0.3) is 0 Å². The number of nitrogens with zero attached hydrogens (tertiary/aromatic N) is 3. The van der Waals surface area contributed by atoms with Gasteiger partial charge in [0.05, 0.1) is 13.2 Å². The molecule has 0 bridgehead atoms. The zero-order valence-electron chi connectivity index (χ0n) is 12.1. The van der Waals surface area contributed by atoms with E-state index in [9.17, 15) is 14.4 Å². The quantitative estimate of drug-likeness (QED) is 0.714. The minimum Gasteiger partial charge on any atom is -0.481 e. The first-order valence-corrected chi connectivity index (χ1v) is 6.50. The van der Waals surface area contributed by atoms with Crippen molar-refractivity contribution < 1.29 is 19.4 Å². The van der Waals surface area contributed by atoms with E-state index >= 15 is 0 Å². The molecular formula is C13H19N3O5. The smallest absolute Gasteiger partial charge is 0.303 e. The highest BCUT2D eigenvalue weighted by Gasteiger charge is 2.14. The van der Waals surface area contributed by atoms with Crippen LogP contribution >= 0.6 is 0 Å². The molecule has 1 amide bonds. The molecule has 1 rings (SSSR count). The van der Waals surface area contributed by atoms with Gasteiger partial charge in [0, 0.05) is 33.2 Å². The van der Waals surface area contributed by atoms with Crippen LogP contribution in [0.4, 0.5) is 0 Å². The zero-order valence-corrected chi connectivity index (χ0v) is 12.1. The molecule has 21 heavy (non-hydrogen) atoms. The molecule has 0 spiro atoms. The van der Waals surface area contributed by atoms with Crippen molar-refractivity contribution in [2.45, 2.75) is 19.4 Å². The molecule has 116 valence electrons. The lowest BCUT2D eigenvalue weighted by Gasteiger charge is -2.16. The van der Waals surface area contributed by atoms with Crippen LogP contribution in [0.1, 0.15) is 23.3 Å². The van der Waals surface area contributed by atoms with Crippen molar-refractivity contribution in [3.05, 3.63) is 28.2 Å². The number of carbonyl (C=O) groups is 2. The first kappa shape index (κ1) is 16.8. The Morgan fingerprint density at radius 2 is 2.14 bits per heavy atom. The summed E-state index contributed by atoms with van der Waals surface area (Å²) in [6.45, 7) is 0.891. The number of hydrogen-bond donors (Lipinski definition) is 1. The summed E-state index contributed by atoms with van der Waals surface area (Å²) in [5.74, 6) is -1.26. The van der Waals surface area contributed by atoms with E-state index in [1.165, 1.54) is 28.8 Å². The average molecular weight is 297 g/mol. The van der Waals surface area contributed by atoms with Crippen LogP contribution in [0.5, 0.6) is 0 Å². The van der Waals surface area contributed by atoms with Crippen molar-refractivity contribution in [2.24, 2.45) is 0 Å². The summed E-state index contributed by atoms with van der Waals surface area (Å²) in [6, 6.07) is 2.64. The summed E-state index contributed by atoms with van der Waals surface area (Å²) in [4.78, 5) is 35.5. The lowest BCUT2D eigenvalue weighted by atomic mass is 10.3. The number of hydrogen-bond acceptors (Lipinski definition) is 5. The Hall–Kier alpha value is -2.22. The third-order valence-corrected chi connectivity index (χ3v) is 2.82. The standard InChI is InChI=1S/C13H19N3O5/c1-15(7-3-4-12(18)19)13(20)10-5-6-11(17)16(14-10)8-9-21-2/h5-6H,3-4,7-9H2,1-2H3,(H,18,19). The topological polar surface area (TPSA) is 102 Å². The molecule has 0 saturated heterocycles. The number of carboxylic acids is 1. The molecule has 1 heterocycles. The number of methoxy groups -OCH3 is 1. The molecule has 0 aromatic carbocycles. The minimum atomic E-state index is -0.901. The van der Waals surface area contributed by atoms with Gasteiger partial charge in [0.25, 0.3) is 11.5 Å². The second-order valence-electron chi connectivity index (χ2n) is 4.50. The molecule has 0 aliphatic heterocycles. The van der Waals surface area contributed by atoms with E-state index in [1.54, 1.807) is 7.05 Å². The maximum Gasteiger partial charge on any atom is 0.303 e. The maximum absolute atomic E-state index is 12.1. The molecule has 8 heteroatoms. The Kier molecular flexibility index (Phi) is 6.54. The van der Waals surface area contributed by atoms with Crippen molar-refractivity contribution in [1.29, 1.82) is 0 Å². The van der Waals surface area contributed by atoms with Crippen molar-refractivity contribution in [2.75, 3.05) is 27.3 Å². The first-order valence-electron chi connectivity index (χ1n) is 6.50. The molecule has 1 N–H and O–H groups in total. The monoisotopic (exact) mass is 297 g/mol. The summed E-state index contributed by atoms with van der Waals surface area (Å²) in [5, 5.41) is 12.6. The van der Waals surface area contributed by atoms with Crippen LogP contribution in [-0.2, 0) is 16.1 Å². The van der Waals surface area contributed by atoms with Crippen molar-refractivity contribution in [3.8, 4) is 0 Å². The van der Waals surface area contributed by atoms with E-state index in [0.29, 0.717) is 19.6 Å². The van der Waals surface area contributed by atoms with Crippen LogP contribution in [0.15, 0.2) is 16.9 Å². The highest BCUT2D eigenvalue weighted by molar-refractivity contribution is 5.91. The van der Waals surface area contributed by atoms with Gasteiger partial charge in [0.15, 0.2) is 0 Å². The van der Waals surface area contributed by atoms with Crippen LogP contribution in [-0.4, -0.2) is 59.0 Å². The fourth-order valence-electron chi connectivity index (χ4n) is 1.67. The summed E-state index contributed by atoms with van der Waals surface area (Å²) in [7, 11) is 3.08. The minimum absolute atomic E-state index is 0.00160. The molecule has 1 aromatic rings. The SMILES string of the molecule is COCCn1nc(C(=O)N(C)CCCC(=O)O)ccc1=O. The Labute approximate surface area is 121 Å². The Bertz CT molecular complexity index is 555. The van der Waals surface area contributed by atoms with Crippen LogP contribution in [0.2, 0.25) is 0 Å². The predicted octanol–water partition coefficient (Wildman–Crippen LogP) is -0.173. The third kappa shape index (κ3) is 5.35. The van der Waals surface area contributed by atoms with E-state index in [4.69, 9.17) is 9.84 Å². The number of ether oxygens (including phenoxy) is 1. The normalized spacial score (nSPS) is 10.4. The van der Waals surface area contributed by atoms with E-state index in [1.807, 2.05) is 0 Å². The summed E-state index contributed by atoms with van der Waals surface area (Å²) in [5.41, 5.74) is -0.166. The Balaban J connectivity index is 2.72. The van der Waals surface area contributed by atoms with Gasteiger partial charge in [-0.1, -0.05) is 0 Å². The molecule has 0 atom stereocenters. The Morgan fingerprint density at radius 1 is 1.43 bits per heavy atom. The largest absolute Gasteiger partial charge is 0.481 e. The van der Waals surface area contributed by atoms with Gasteiger partial charge >= 0.3 is 5.97 Å². The third-order valence-electron chi connectivity index (χ3n) is 2.82. The Morgan fingerprint density at radius 3 is 2.76 bits per heavy atom. The van der Waals surface area contributed by atoms with Gasteiger partial charge in [0.1, 0.15) is 5.69 Å². The molecule has 1 aromatic heterocycles. The van der Waals surface area contributed by atoms with Crippen LogP contribution < -0.4 is 5.56 Å². The molecule has 0 aliphatic carbocycles. The molecule has 0 saturated carbocycles. The second kappa shape index (κ2) is 8.15. The average Bonchev–Trinajstić information content (AvgIpc) is 2.45. The van der Waals surface area contributed by atoms with Gasteiger partial charge in [-0.25, -0.2) is 4.68 Å². The lowest BCUT2D eigenvalue weighted by Crippen LogP contribution is -2.32. The molecule has 0 fully saturated rings. The number of aliphatic carboxylic acids is 1. The summed E-state index contributed by atoms with van der Waals surface area (Å²) >= 11 is 0. The van der Waals surface area contributed by atoms with Gasteiger partial charge in [0.2, 0.25) is 0 Å². The van der Waals surface area contributed by atoms with Gasteiger partial charge in [-0.2, -0.15) is 5.10 Å². The number of aromatic nitrogens is 2. The number of amides is 1. The number of rotatable bonds is 8. The second-order valence-corrected chi connectivity index (χ2v) is 4.50. The van der Waals surface area contributed by atoms with E-state index in [2.05, 4.69) is 5.10 Å². The molecule has 0 radical (unpaired) electrons. The molecule has 0 unspecified atom stereocenters. The zero-order chi connectivity index (χ0) is 15.8. The van der Waals surface area contributed by atoms with Crippen LogP contribution in [0.3, 0.4) is 0 Å². The van der Waals surface area contributed by atoms with E-state index < -0.39 is 5.97 Å². The van der Waals surface area contributed by atoms with Gasteiger partial charge in [-0.05, 0) is 12.5 Å². The van der Waals surface area contributed by atoms with Gasteiger partial charge in [-0.3, -0.25) is 14.4 Å². The molecule has 8 nitrogen and oxygen atoms in total. The van der Waals surface area contributed by atoms with E-state index in [-0.39, 0.29) is 30.1 Å².